The lowest BCUT2D eigenvalue weighted by Gasteiger charge is -2.12. The van der Waals surface area contributed by atoms with Gasteiger partial charge in [0.2, 0.25) is 0 Å². The van der Waals surface area contributed by atoms with E-state index in [1.165, 1.54) is 24.3 Å². The molecule has 2 N–H and O–H groups in total. The maximum atomic E-state index is 12.5. The van der Waals surface area contributed by atoms with Gasteiger partial charge in [0.1, 0.15) is 0 Å². The summed E-state index contributed by atoms with van der Waals surface area (Å²) < 4.78 is 27.5. The number of carbonyl (C=O) groups is 1. The van der Waals surface area contributed by atoms with Crippen LogP contribution in [0.5, 0.6) is 0 Å². The average Bonchev–Trinajstić information content (AvgIpc) is 2.52. The first-order chi connectivity index (χ1) is 10.8. The van der Waals surface area contributed by atoms with Crippen molar-refractivity contribution in [2.24, 2.45) is 0 Å². The van der Waals surface area contributed by atoms with Crippen molar-refractivity contribution in [3.8, 4) is 0 Å². The maximum absolute atomic E-state index is 12.5. The summed E-state index contributed by atoms with van der Waals surface area (Å²) in [5.74, 6) is -0.223. The van der Waals surface area contributed by atoms with E-state index in [0.29, 0.717) is 17.8 Å². The monoisotopic (exact) mass is 332 g/mol. The maximum Gasteiger partial charge on any atom is 0.261 e. The molecule has 1 amide bonds. The highest BCUT2D eigenvalue weighted by atomic mass is 32.2. The Kier molecular flexibility index (Phi) is 5.05. The number of amides is 1. The number of carbonyl (C=O) groups excluding carboxylic acids is 1. The van der Waals surface area contributed by atoms with Gasteiger partial charge in [-0.05, 0) is 62.2 Å². The Morgan fingerprint density at radius 1 is 1.04 bits per heavy atom. The fourth-order valence-electron chi connectivity index (χ4n) is 2.11. The van der Waals surface area contributed by atoms with Crippen LogP contribution in [0.1, 0.15) is 28.4 Å². The van der Waals surface area contributed by atoms with Crippen LogP contribution >= 0.6 is 0 Å². The molecular weight excluding hydrogens is 312 g/mol. The summed E-state index contributed by atoms with van der Waals surface area (Å²) in [6.45, 7) is 6.14. The molecule has 0 aromatic heterocycles. The molecule has 0 spiro atoms. The highest BCUT2D eigenvalue weighted by Gasteiger charge is 2.16. The van der Waals surface area contributed by atoms with E-state index in [2.05, 4.69) is 10.0 Å². The zero-order valence-electron chi connectivity index (χ0n) is 13.4. The minimum absolute atomic E-state index is 0.117. The predicted octanol–water partition coefficient (Wildman–Crippen LogP) is 2.85. The van der Waals surface area contributed by atoms with E-state index in [4.69, 9.17) is 0 Å². The zero-order valence-corrected chi connectivity index (χ0v) is 14.2. The Hall–Kier alpha value is -2.34. The second-order valence-corrected chi connectivity index (χ2v) is 6.92. The van der Waals surface area contributed by atoms with Crippen molar-refractivity contribution in [2.75, 3.05) is 11.3 Å². The van der Waals surface area contributed by atoms with Gasteiger partial charge in [0.25, 0.3) is 15.9 Å². The molecule has 2 rings (SSSR count). The molecule has 0 atom stereocenters. The zero-order chi connectivity index (χ0) is 17.0. The minimum Gasteiger partial charge on any atom is -0.352 e. The lowest BCUT2D eigenvalue weighted by atomic mass is 10.1. The van der Waals surface area contributed by atoms with Crippen LogP contribution in [-0.2, 0) is 10.0 Å². The van der Waals surface area contributed by atoms with E-state index in [9.17, 15) is 13.2 Å². The Bertz CT molecular complexity index is 812. The van der Waals surface area contributed by atoms with E-state index in [1.54, 1.807) is 12.1 Å². The van der Waals surface area contributed by atoms with E-state index < -0.39 is 10.0 Å². The first-order valence-electron chi connectivity index (χ1n) is 7.32. The quantitative estimate of drug-likeness (QED) is 0.884. The standard InChI is InChI=1S/C17H20N2O3S/c1-4-18-17(20)14-8-10-15(11-9-14)23(21,22)19-16-7-5-6-12(2)13(16)3/h5-11,19H,4H2,1-3H3,(H,18,20). The molecule has 2 aromatic rings. The van der Waals surface area contributed by atoms with Gasteiger partial charge in [-0.2, -0.15) is 0 Å². The largest absolute Gasteiger partial charge is 0.352 e. The Morgan fingerprint density at radius 3 is 2.30 bits per heavy atom. The van der Waals surface area contributed by atoms with Gasteiger partial charge in [0.05, 0.1) is 10.6 Å². The number of anilines is 1. The topological polar surface area (TPSA) is 75.3 Å². The Morgan fingerprint density at radius 2 is 1.70 bits per heavy atom. The normalized spacial score (nSPS) is 11.1. The molecule has 0 saturated carbocycles. The van der Waals surface area contributed by atoms with Gasteiger partial charge in [0, 0.05) is 12.1 Å². The second kappa shape index (κ2) is 6.83. The van der Waals surface area contributed by atoms with Crippen molar-refractivity contribution in [1.29, 1.82) is 0 Å². The molecule has 0 radical (unpaired) electrons. The Balaban J connectivity index is 2.26. The van der Waals surface area contributed by atoms with Gasteiger partial charge in [0.15, 0.2) is 0 Å². The predicted molar refractivity (Wildman–Crippen MR) is 91.2 cm³/mol. The molecule has 0 aliphatic heterocycles. The molecule has 5 nitrogen and oxygen atoms in total. The molecule has 23 heavy (non-hydrogen) atoms. The number of sulfonamides is 1. The van der Waals surface area contributed by atoms with E-state index in [-0.39, 0.29) is 10.8 Å². The molecule has 0 aliphatic rings. The summed E-state index contributed by atoms with van der Waals surface area (Å²) >= 11 is 0. The first-order valence-corrected chi connectivity index (χ1v) is 8.80. The summed E-state index contributed by atoms with van der Waals surface area (Å²) in [6.07, 6.45) is 0. The van der Waals surface area contributed by atoms with Gasteiger partial charge in [-0.25, -0.2) is 8.42 Å². The molecule has 6 heteroatoms. The SMILES string of the molecule is CCNC(=O)c1ccc(S(=O)(=O)Nc2cccc(C)c2C)cc1. The molecule has 0 heterocycles. The van der Waals surface area contributed by atoms with Gasteiger partial charge < -0.3 is 5.32 Å². The van der Waals surface area contributed by atoms with Crippen molar-refractivity contribution in [3.05, 3.63) is 59.2 Å². The van der Waals surface area contributed by atoms with Crippen LogP contribution in [0, 0.1) is 13.8 Å². The number of rotatable bonds is 5. The number of hydrogen-bond acceptors (Lipinski definition) is 3. The van der Waals surface area contributed by atoms with Gasteiger partial charge in [-0.15, -0.1) is 0 Å². The van der Waals surface area contributed by atoms with Crippen molar-refractivity contribution in [1.82, 2.24) is 5.32 Å². The van der Waals surface area contributed by atoms with Crippen LogP contribution in [0.25, 0.3) is 0 Å². The highest BCUT2D eigenvalue weighted by molar-refractivity contribution is 7.92. The van der Waals surface area contributed by atoms with E-state index in [1.807, 2.05) is 26.8 Å². The summed E-state index contributed by atoms with van der Waals surface area (Å²) in [5.41, 5.74) is 2.88. The number of hydrogen-bond donors (Lipinski definition) is 2. The summed E-state index contributed by atoms with van der Waals surface area (Å²) in [5, 5.41) is 2.67. The average molecular weight is 332 g/mol. The molecule has 0 fully saturated rings. The second-order valence-electron chi connectivity index (χ2n) is 5.24. The van der Waals surface area contributed by atoms with Crippen LogP contribution in [-0.4, -0.2) is 20.9 Å². The molecule has 0 bridgehead atoms. The van der Waals surface area contributed by atoms with Gasteiger partial charge in [-0.1, -0.05) is 12.1 Å². The minimum atomic E-state index is -3.69. The summed E-state index contributed by atoms with van der Waals surface area (Å²) in [6, 6.07) is 11.3. The van der Waals surface area contributed by atoms with Crippen molar-refractivity contribution < 1.29 is 13.2 Å². The van der Waals surface area contributed by atoms with Crippen molar-refractivity contribution in [2.45, 2.75) is 25.7 Å². The summed E-state index contributed by atoms with van der Waals surface area (Å²) in [7, 11) is -3.69. The van der Waals surface area contributed by atoms with Crippen LogP contribution in [0.2, 0.25) is 0 Å². The fraction of sp³-hybridized carbons (Fsp3) is 0.235. The smallest absolute Gasteiger partial charge is 0.261 e. The molecular formula is C17H20N2O3S. The van der Waals surface area contributed by atoms with Gasteiger partial charge >= 0.3 is 0 Å². The van der Waals surface area contributed by atoms with Crippen LogP contribution in [0.4, 0.5) is 5.69 Å². The van der Waals surface area contributed by atoms with Crippen LogP contribution in [0.3, 0.4) is 0 Å². The van der Waals surface area contributed by atoms with Crippen LogP contribution < -0.4 is 10.0 Å². The number of benzene rings is 2. The summed E-state index contributed by atoms with van der Waals surface area (Å²) in [4.78, 5) is 11.8. The third-order valence-electron chi connectivity index (χ3n) is 3.61. The van der Waals surface area contributed by atoms with Gasteiger partial charge in [-0.3, -0.25) is 9.52 Å². The highest BCUT2D eigenvalue weighted by Crippen LogP contribution is 2.22. The third-order valence-corrected chi connectivity index (χ3v) is 4.99. The van der Waals surface area contributed by atoms with Crippen molar-refractivity contribution >= 4 is 21.6 Å². The molecule has 0 aliphatic carbocycles. The first kappa shape index (κ1) is 17.0. The third kappa shape index (κ3) is 3.90. The number of nitrogens with one attached hydrogen (secondary N) is 2. The lowest BCUT2D eigenvalue weighted by Crippen LogP contribution is -2.22. The lowest BCUT2D eigenvalue weighted by molar-refractivity contribution is 0.0955. The van der Waals surface area contributed by atoms with E-state index in [0.717, 1.165) is 11.1 Å². The molecule has 0 unspecified atom stereocenters. The molecule has 0 saturated heterocycles. The van der Waals surface area contributed by atoms with Crippen LogP contribution in [0.15, 0.2) is 47.4 Å². The Labute approximate surface area is 136 Å². The number of aryl methyl sites for hydroxylation is 1. The molecule has 122 valence electrons. The van der Waals surface area contributed by atoms with Crippen molar-refractivity contribution in [3.63, 3.8) is 0 Å². The molecule has 2 aromatic carbocycles. The van der Waals surface area contributed by atoms with E-state index >= 15 is 0 Å². The fourth-order valence-corrected chi connectivity index (χ4v) is 3.24.